The molecule has 2 rings (SSSR count). The molecule has 108 valence electrons. The van der Waals surface area contributed by atoms with E-state index in [-0.39, 0.29) is 5.91 Å². The topological polar surface area (TPSA) is 80.0 Å². The first-order valence-corrected chi connectivity index (χ1v) is 7.84. The Kier molecular flexibility index (Phi) is 5.69. The van der Waals surface area contributed by atoms with E-state index in [2.05, 4.69) is 36.7 Å². The number of aromatic nitrogens is 2. The molecule has 0 spiro atoms. The van der Waals surface area contributed by atoms with Gasteiger partial charge in [-0.3, -0.25) is 4.79 Å². The van der Waals surface area contributed by atoms with Crippen LogP contribution in [0.15, 0.2) is 20.4 Å². The van der Waals surface area contributed by atoms with Crippen molar-refractivity contribution >= 4 is 33.2 Å². The molecule has 2 aromatic rings. The van der Waals surface area contributed by atoms with Crippen molar-refractivity contribution in [2.75, 3.05) is 20.1 Å². The molecule has 2 N–H and O–H groups in total. The van der Waals surface area contributed by atoms with E-state index in [0.717, 1.165) is 15.9 Å². The van der Waals surface area contributed by atoms with E-state index < -0.39 is 0 Å². The van der Waals surface area contributed by atoms with Crippen LogP contribution in [0, 0.1) is 0 Å². The summed E-state index contributed by atoms with van der Waals surface area (Å²) in [5.74, 6) is 1.03. The third-order valence-electron chi connectivity index (χ3n) is 2.52. The Morgan fingerprint density at radius 3 is 3.05 bits per heavy atom. The SMILES string of the molecule is CNCCNC(=O)CCc1nc(-c2cc(Br)cs2)no1. The average Bonchev–Trinajstić information content (AvgIpc) is 3.05. The second-order valence-electron chi connectivity index (χ2n) is 4.09. The maximum absolute atomic E-state index is 11.5. The third kappa shape index (κ3) is 4.39. The van der Waals surface area contributed by atoms with Gasteiger partial charge in [-0.15, -0.1) is 11.3 Å². The number of nitrogens with one attached hydrogen (secondary N) is 2. The van der Waals surface area contributed by atoms with E-state index in [0.29, 0.717) is 31.1 Å². The lowest BCUT2D eigenvalue weighted by Gasteiger charge is -2.02. The van der Waals surface area contributed by atoms with Crippen LogP contribution in [-0.2, 0) is 11.2 Å². The molecule has 0 aliphatic rings. The summed E-state index contributed by atoms with van der Waals surface area (Å²) < 4.78 is 6.14. The van der Waals surface area contributed by atoms with Gasteiger partial charge in [-0.25, -0.2) is 0 Å². The highest BCUT2D eigenvalue weighted by Crippen LogP contribution is 2.27. The number of carbonyl (C=O) groups excluding carboxylic acids is 1. The van der Waals surface area contributed by atoms with Crippen molar-refractivity contribution < 1.29 is 9.32 Å². The average molecular weight is 359 g/mol. The van der Waals surface area contributed by atoms with Gasteiger partial charge < -0.3 is 15.2 Å². The van der Waals surface area contributed by atoms with Crippen molar-refractivity contribution in [1.82, 2.24) is 20.8 Å². The van der Waals surface area contributed by atoms with Gasteiger partial charge in [-0.2, -0.15) is 4.98 Å². The smallest absolute Gasteiger partial charge is 0.227 e. The number of likely N-dealkylation sites (N-methyl/N-ethyl adjacent to an activating group) is 1. The summed E-state index contributed by atoms with van der Waals surface area (Å²) in [4.78, 5) is 16.8. The Labute approximate surface area is 129 Å². The van der Waals surface area contributed by atoms with Crippen molar-refractivity contribution in [2.24, 2.45) is 0 Å². The predicted octanol–water partition coefficient (Wildman–Crippen LogP) is 1.83. The molecule has 0 unspecified atom stereocenters. The minimum Gasteiger partial charge on any atom is -0.355 e. The summed E-state index contributed by atoms with van der Waals surface area (Å²) in [6.07, 6.45) is 0.796. The molecule has 2 heterocycles. The number of thiophene rings is 1. The number of hydrogen-bond donors (Lipinski definition) is 2. The summed E-state index contributed by atoms with van der Waals surface area (Å²) >= 11 is 4.92. The molecule has 2 aromatic heterocycles. The Balaban J connectivity index is 1.82. The molecule has 0 aliphatic carbocycles. The van der Waals surface area contributed by atoms with Crippen molar-refractivity contribution in [3.05, 3.63) is 21.8 Å². The van der Waals surface area contributed by atoms with Crippen molar-refractivity contribution in [3.63, 3.8) is 0 Å². The van der Waals surface area contributed by atoms with Crippen LogP contribution < -0.4 is 10.6 Å². The van der Waals surface area contributed by atoms with Crippen molar-refractivity contribution in [3.8, 4) is 10.7 Å². The molecule has 0 saturated heterocycles. The number of rotatable bonds is 7. The first-order chi connectivity index (χ1) is 9.69. The fraction of sp³-hybridized carbons (Fsp3) is 0.417. The van der Waals surface area contributed by atoms with Gasteiger partial charge >= 0.3 is 0 Å². The van der Waals surface area contributed by atoms with Gasteiger partial charge in [0.2, 0.25) is 17.6 Å². The third-order valence-corrected chi connectivity index (χ3v) is 4.21. The number of halogens is 1. The fourth-order valence-electron chi connectivity index (χ4n) is 1.52. The van der Waals surface area contributed by atoms with Gasteiger partial charge in [-0.1, -0.05) is 5.16 Å². The van der Waals surface area contributed by atoms with Crippen molar-refractivity contribution in [1.29, 1.82) is 0 Å². The number of aryl methyl sites for hydroxylation is 1. The summed E-state index contributed by atoms with van der Waals surface area (Å²) in [6.45, 7) is 1.37. The fourth-order valence-corrected chi connectivity index (χ4v) is 2.87. The highest BCUT2D eigenvalue weighted by Gasteiger charge is 2.11. The van der Waals surface area contributed by atoms with Crippen LogP contribution in [0.4, 0.5) is 0 Å². The molecule has 0 aliphatic heterocycles. The highest BCUT2D eigenvalue weighted by molar-refractivity contribution is 9.10. The van der Waals surface area contributed by atoms with Gasteiger partial charge in [0.05, 0.1) is 4.88 Å². The summed E-state index contributed by atoms with van der Waals surface area (Å²) in [5, 5.41) is 11.6. The van der Waals surface area contributed by atoms with Crippen LogP contribution >= 0.6 is 27.3 Å². The normalized spacial score (nSPS) is 10.7. The molecular formula is C12H15BrN4O2S. The summed E-state index contributed by atoms with van der Waals surface area (Å²) in [7, 11) is 1.84. The predicted molar refractivity (Wildman–Crippen MR) is 80.6 cm³/mol. The molecule has 0 fully saturated rings. The van der Waals surface area contributed by atoms with E-state index in [1.165, 1.54) is 11.3 Å². The molecule has 20 heavy (non-hydrogen) atoms. The molecule has 0 saturated carbocycles. The van der Waals surface area contributed by atoms with Crippen LogP contribution in [0.25, 0.3) is 10.7 Å². The molecule has 0 radical (unpaired) electrons. The monoisotopic (exact) mass is 358 g/mol. The maximum Gasteiger partial charge on any atom is 0.227 e. The largest absolute Gasteiger partial charge is 0.355 e. The first kappa shape index (κ1) is 15.1. The van der Waals surface area contributed by atoms with E-state index in [4.69, 9.17) is 4.52 Å². The van der Waals surface area contributed by atoms with Crippen LogP contribution in [0.1, 0.15) is 12.3 Å². The maximum atomic E-state index is 11.5. The molecular weight excluding hydrogens is 344 g/mol. The van der Waals surface area contributed by atoms with Crippen LogP contribution in [0.2, 0.25) is 0 Å². The number of carbonyl (C=O) groups is 1. The second kappa shape index (κ2) is 7.51. The Morgan fingerprint density at radius 2 is 2.35 bits per heavy atom. The number of hydrogen-bond acceptors (Lipinski definition) is 6. The number of amides is 1. The zero-order chi connectivity index (χ0) is 14.4. The standard InChI is InChI=1S/C12H15BrN4O2S/c1-14-4-5-15-10(18)2-3-11-16-12(17-19-11)9-6-8(13)7-20-9/h6-7,14H,2-5H2,1H3,(H,15,18). The molecule has 1 amide bonds. The van der Waals surface area contributed by atoms with E-state index in [1.54, 1.807) is 0 Å². The molecule has 0 bridgehead atoms. The Hall–Kier alpha value is -1.25. The minimum atomic E-state index is -0.0149. The van der Waals surface area contributed by atoms with E-state index >= 15 is 0 Å². The van der Waals surface area contributed by atoms with E-state index in [1.807, 2.05) is 18.5 Å². The quantitative estimate of drug-likeness (QED) is 0.738. The molecule has 0 aromatic carbocycles. The molecule has 8 heteroatoms. The molecule has 0 atom stereocenters. The zero-order valence-corrected chi connectivity index (χ0v) is 13.4. The summed E-state index contributed by atoms with van der Waals surface area (Å²) in [6, 6.07) is 1.93. The minimum absolute atomic E-state index is 0.0149. The van der Waals surface area contributed by atoms with Crippen molar-refractivity contribution in [2.45, 2.75) is 12.8 Å². The Bertz CT molecular complexity index is 569. The first-order valence-electron chi connectivity index (χ1n) is 6.17. The van der Waals surface area contributed by atoms with Gasteiger partial charge in [0, 0.05) is 35.8 Å². The van der Waals surface area contributed by atoms with Crippen LogP contribution in [0.5, 0.6) is 0 Å². The lowest BCUT2D eigenvalue weighted by molar-refractivity contribution is -0.121. The second-order valence-corrected chi connectivity index (χ2v) is 5.92. The molecule has 6 nitrogen and oxygen atoms in total. The van der Waals surface area contributed by atoms with Crippen LogP contribution in [0.3, 0.4) is 0 Å². The number of nitrogens with zero attached hydrogens (tertiary/aromatic N) is 2. The lowest BCUT2D eigenvalue weighted by Crippen LogP contribution is -2.30. The van der Waals surface area contributed by atoms with Crippen LogP contribution in [-0.4, -0.2) is 36.2 Å². The Morgan fingerprint density at radius 1 is 1.50 bits per heavy atom. The van der Waals surface area contributed by atoms with Gasteiger partial charge in [-0.05, 0) is 29.0 Å². The van der Waals surface area contributed by atoms with Gasteiger partial charge in [0.25, 0.3) is 0 Å². The van der Waals surface area contributed by atoms with Gasteiger partial charge in [0.15, 0.2) is 0 Å². The highest BCUT2D eigenvalue weighted by atomic mass is 79.9. The summed E-state index contributed by atoms with van der Waals surface area (Å²) in [5.41, 5.74) is 0. The van der Waals surface area contributed by atoms with E-state index in [9.17, 15) is 4.79 Å². The lowest BCUT2D eigenvalue weighted by atomic mass is 10.3. The van der Waals surface area contributed by atoms with Gasteiger partial charge in [0.1, 0.15) is 0 Å². The zero-order valence-electron chi connectivity index (χ0n) is 11.0.